The summed E-state index contributed by atoms with van der Waals surface area (Å²) in [4.78, 5) is 3.90. The highest BCUT2D eigenvalue weighted by Crippen LogP contribution is 2.27. The average Bonchev–Trinajstić information content (AvgIpc) is 2.89. The number of hydrogen-bond donors (Lipinski definition) is 2. The van der Waals surface area contributed by atoms with Gasteiger partial charge in [-0.2, -0.15) is 5.10 Å². The van der Waals surface area contributed by atoms with E-state index in [0.717, 1.165) is 0 Å². The van der Waals surface area contributed by atoms with Gasteiger partial charge >= 0.3 is 0 Å². The molecule has 0 saturated carbocycles. The molecule has 0 fully saturated rings. The van der Waals surface area contributed by atoms with E-state index in [1.807, 2.05) is 0 Å². The van der Waals surface area contributed by atoms with Gasteiger partial charge in [-0.05, 0) is 18.2 Å². The number of methoxy groups -OCH3 is 1. The van der Waals surface area contributed by atoms with Gasteiger partial charge in [0.15, 0.2) is 0 Å². The number of nitrogens with one attached hydrogen (secondary N) is 2. The molecular formula is C10H11BrN4O3S. The lowest BCUT2D eigenvalue weighted by Crippen LogP contribution is -2.24. The van der Waals surface area contributed by atoms with E-state index in [1.165, 1.54) is 19.5 Å². The van der Waals surface area contributed by atoms with Crippen molar-refractivity contribution >= 4 is 26.0 Å². The second-order valence-electron chi connectivity index (χ2n) is 3.55. The zero-order valence-electron chi connectivity index (χ0n) is 9.92. The lowest BCUT2D eigenvalue weighted by atomic mass is 10.3. The number of rotatable bonds is 5. The molecular weight excluding hydrogens is 336 g/mol. The van der Waals surface area contributed by atoms with Crippen LogP contribution in [0, 0.1) is 0 Å². The van der Waals surface area contributed by atoms with Gasteiger partial charge in [-0.1, -0.05) is 15.9 Å². The molecule has 7 nitrogen and oxygen atoms in total. The number of aromatic amines is 1. The normalized spacial score (nSPS) is 11.5. The van der Waals surface area contributed by atoms with E-state index in [4.69, 9.17) is 4.74 Å². The first-order chi connectivity index (χ1) is 9.03. The highest BCUT2D eigenvalue weighted by atomic mass is 79.9. The molecule has 2 N–H and O–H groups in total. The molecule has 0 amide bonds. The molecule has 0 spiro atoms. The maximum Gasteiger partial charge on any atom is 0.244 e. The Balaban J connectivity index is 2.26. The lowest BCUT2D eigenvalue weighted by molar-refractivity contribution is 0.402. The average molecular weight is 347 g/mol. The largest absolute Gasteiger partial charge is 0.495 e. The van der Waals surface area contributed by atoms with Gasteiger partial charge in [-0.3, -0.25) is 5.10 Å². The molecule has 0 aliphatic carbocycles. The number of aromatic nitrogens is 3. The van der Waals surface area contributed by atoms with Crippen LogP contribution in [0.1, 0.15) is 5.82 Å². The minimum atomic E-state index is -3.69. The minimum Gasteiger partial charge on any atom is -0.495 e. The maximum atomic E-state index is 12.2. The van der Waals surface area contributed by atoms with Gasteiger partial charge in [-0.15, -0.1) is 0 Å². The summed E-state index contributed by atoms with van der Waals surface area (Å²) in [7, 11) is -2.28. The van der Waals surface area contributed by atoms with Gasteiger partial charge in [0.25, 0.3) is 0 Å². The highest BCUT2D eigenvalue weighted by molar-refractivity contribution is 9.10. The van der Waals surface area contributed by atoms with Crippen molar-refractivity contribution in [2.45, 2.75) is 11.4 Å². The van der Waals surface area contributed by atoms with Gasteiger partial charge in [0.1, 0.15) is 22.8 Å². The molecule has 0 atom stereocenters. The van der Waals surface area contributed by atoms with Gasteiger partial charge in [0.05, 0.1) is 13.7 Å². The number of hydrogen-bond acceptors (Lipinski definition) is 5. The molecule has 0 aliphatic rings. The van der Waals surface area contributed by atoms with Gasteiger partial charge in [-0.25, -0.2) is 18.1 Å². The van der Waals surface area contributed by atoms with Crippen molar-refractivity contribution in [3.63, 3.8) is 0 Å². The summed E-state index contributed by atoms with van der Waals surface area (Å²) in [5, 5.41) is 6.21. The Kier molecular flexibility index (Phi) is 4.17. The second kappa shape index (κ2) is 5.68. The quantitative estimate of drug-likeness (QED) is 0.843. The van der Waals surface area contributed by atoms with Gasteiger partial charge < -0.3 is 4.74 Å². The van der Waals surface area contributed by atoms with Crippen molar-refractivity contribution in [1.82, 2.24) is 19.9 Å². The van der Waals surface area contributed by atoms with Crippen molar-refractivity contribution in [1.29, 1.82) is 0 Å². The van der Waals surface area contributed by atoms with E-state index >= 15 is 0 Å². The number of sulfonamides is 1. The van der Waals surface area contributed by atoms with Crippen LogP contribution in [-0.4, -0.2) is 30.7 Å². The molecule has 1 heterocycles. The third kappa shape index (κ3) is 3.31. The molecule has 1 aromatic heterocycles. The first-order valence-electron chi connectivity index (χ1n) is 5.20. The van der Waals surface area contributed by atoms with Crippen LogP contribution in [0.5, 0.6) is 5.75 Å². The third-order valence-corrected chi connectivity index (χ3v) is 4.23. The van der Waals surface area contributed by atoms with E-state index in [-0.39, 0.29) is 17.2 Å². The predicted octanol–water partition coefficient (Wildman–Crippen LogP) is 1.05. The van der Waals surface area contributed by atoms with Crippen molar-refractivity contribution in [2.75, 3.05) is 7.11 Å². The maximum absolute atomic E-state index is 12.2. The smallest absolute Gasteiger partial charge is 0.244 e. The van der Waals surface area contributed by atoms with Crippen molar-refractivity contribution in [2.24, 2.45) is 0 Å². The topological polar surface area (TPSA) is 97.0 Å². The fraction of sp³-hybridized carbons (Fsp3) is 0.200. The van der Waals surface area contributed by atoms with E-state index in [9.17, 15) is 8.42 Å². The Morgan fingerprint density at radius 2 is 2.26 bits per heavy atom. The Hall–Kier alpha value is -1.45. The molecule has 19 heavy (non-hydrogen) atoms. The molecule has 0 saturated heterocycles. The fourth-order valence-electron chi connectivity index (χ4n) is 1.42. The summed E-state index contributed by atoms with van der Waals surface area (Å²) in [5.74, 6) is 0.700. The van der Waals surface area contributed by atoms with Crippen LogP contribution >= 0.6 is 15.9 Å². The highest BCUT2D eigenvalue weighted by Gasteiger charge is 2.20. The lowest BCUT2D eigenvalue weighted by Gasteiger charge is -2.10. The minimum absolute atomic E-state index is 0.0258. The summed E-state index contributed by atoms with van der Waals surface area (Å²) in [5.41, 5.74) is 0. The van der Waals surface area contributed by atoms with E-state index < -0.39 is 10.0 Å². The van der Waals surface area contributed by atoms with Crippen LogP contribution in [0.4, 0.5) is 0 Å². The van der Waals surface area contributed by atoms with Crippen molar-refractivity contribution in [3.05, 3.63) is 34.8 Å². The molecule has 0 unspecified atom stereocenters. The number of benzene rings is 1. The number of H-pyrrole nitrogens is 1. The molecule has 2 rings (SSSR count). The second-order valence-corrected chi connectivity index (χ2v) is 6.20. The molecule has 2 aromatic rings. The number of ether oxygens (including phenoxy) is 1. The number of halogens is 1. The van der Waals surface area contributed by atoms with Crippen LogP contribution < -0.4 is 9.46 Å². The molecule has 0 aliphatic heterocycles. The van der Waals surface area contributed by atoms with Crippen LogP contribution in [0.3, 0.4) is 0 Å². The van der Waals surface area contributed by atoms with Crippen LogP contribution in [-0.2, 0) is 16.6 Å². The Bertz CT molecular complexity index is 657. The summed E-state index contributed by atoms with van der Waals surface area (Å²) < 4.78 is 32.5. The van der Waals surface area contributed by atoms with Gasteiger partial charge in [0.2, 0.25) is 10.0 Å². The van der Waals surface area contributed by atoms with Gasteiger partial charge in [0, 0.05) is 4.47 Å². The Labute approximate surface area is 118 Å². The summed E-state index contributed by atoms with van der Waals surface area (Å²) in [6.07, 6.45) is 1.31. The summed E-state index contributed by atoms with van der Waals surface area (Å²) >= 11 is 3.23. The molecule has 9 heteroatoms. The van der Waals surface area contributed by atoms with Crippen molar-refractivity contribution < 1.29 is 13.2 Å². The van der Waals surface area contributed by atoms with Crippen LogP contribution in [0.25, 0.3) is 0 Å². The van der Waals surface area contributed by atoms with Crippen molar-refractivity contribution in [3.8, 4) is 5.75 Å². The Morgan fingerprint density at radius 1 is 1.47 bits per heavy atom. The standard InChI is InChI=1S/C10H11BrN4O3S/c1-18-8-3-2-7(11)4-9(8)19(16,17)14-5-10-12-6-13-15-10/h2-4,6,14H,5H2,1H3,(H,12,13,15). The zero-order chi connectivity index (χ0) is 13.9. The molecule has 0 radical (unpaired) electrons. The number of nitrogens with zero attached hydrogens (tertiary/aromatic N) is 2. The summed E-state index contributed by atoms with van der Waals surface area (Å²) in [6.45, 7) is 0.0258. The summed E-state index contributed by atoms with van der Waals surface area (Å²) in [6, 6.07) is 4.75. The fourth-order valence-corrected chi connectivity index (χ4v) is 3.11. The zero-order valence-corrected chi connectivity index (χ0v) is 12.3. The third-order valence-electron chi connectivity index (χ3n) is 2.31. The molecule has 102 valence electrons. The van der Waals surface area contributed by atoms with E-state index in [2.05, 4.69) is 35.8 Å². The van der Waals surface area contributed by atoms with Crippen LogP contribution in [0.15, 0.2) is 33.9 Å². The molecule has 0 bridgehead atoms. The monoisotopic (exact) mass is 346 g/mol. The first-order valence-corrected chi connectivity index (χ1v) is 7.48. The predicted molar refractivity (Wildman–Crippen MR) is 71.1 cm³/mol. The molecule has 1 aromatic carbocycles. The van der Waals surface area contributed by atoms with E-state index in [1.54, 1.807) is 12.1 Å². The van der Waals surface area contributed by atoms with E-state index in [0.29, 0.717) is 10.3 Å². The van der Waals surface area contributed by atoms with Crippen LogP contribution in [0.2, 0.25) is 0 Å². The Morgan fingerprint density at radius 3 is 2.89 bits per heavy atom. The first kappa shape index (κ1) is 14.0. The SMILES string of the molecule is COc1ccc(Br)cc1S(=O)(=O)NCc1ncn[nH]1.